The van der Waals surface area contributed by atoms with Crippen molar-refractivity contribution in [1.29, 1.82) is 0 Å². The SMILES string of the molecule is CCC(C=O)c1ccc(CC(C)C)cc1. The Hall–Kier alpha value is -1.11. The Morgan fingerprint density at radius 2 is 1.80 bits per heavy atom. The molecule has 82 valence electrons. The molecule has 0 saturated carbocycles. The molecule has 1 atom stereocenters. The van der Waals surface area contributed by atoms with Crippen LogP contribution < -0.4 is 0 Å². The van der Waals surface area contributed by atoms with Crippen molar-refractivity contribution in [3.05, 3.63) is 35.4 Å². The molecule has 0 heterocycles. The Bertz CT molecular complexity index is 298. The predicted molar refractivity (Wildman–Crippen MR) is 64.1 cm³/mol. The summed E-state index contributed by atoms with van der Waals surface area (Å²) in [7, 11) is 0. The van der Waals surface area contributed by atoms with Crippen molar-refractivity contribution in [3.63, 3.8) is 0 Å². The quantitative estimate of drug-likeness (QED) is 0.670. The summed E-state index contributed by atoms with van der Waals surface area (Å²) in [5.74, 6) is 0.752. The standard InChI is InChI=1S/C14H20O/c1-4-13(10-15)14-7-5-12(6-8-14)9-11(2)3/h5-8,10-11,13H,4,9H2,1-3H3. The summed E-state index contributed by atoms with van der Waals surface area (Å²) in [5, 5.41) is 0. The summed E-state index contributed by atoms with van der Waals surface area (Å²) in [6, 6.07) is 8.45. The van der Waals surface area contributed by atoms with Crippen molar-refractivity contribution in [2.24, 2.45) is 5.92 Å². The van der Waals surface area contributed by atoms with E-state index in [0.717, 1.165) is 24.7 Å². The molecule has 1 nitrogen and oxygen atoms in total. The monoisotopic (exact) mass is 204 g/mol. The van der Waals surface area contributed by atoms with Gasteiger partial charge in [0.05, 0.1) is 0 Å². The van der Waals surface area contributed by atoms with Gasteiger partial charge in [0, 0.05) is 5.92 Å². The van der Waals surface area contributed by atoms with Gasteiger partial charge in [0.25, 0.3) is 0 Å². The van der Waals surface area contributed by atoms with Crippen LogP contribution in [0, 0.1) is 5.92 Å². The molecule has 1 rings (SSSR count). The average molecular weight is 204 g/mol. The number of carbonyl (C=O) groups excluding carboxylic acids is 1. The second kappa shape index (κ2) is 5.69. The van der Waals surface area contributed by atoms with Gasteiger partial charge in [0.1, 0.15) is 6.29 Å². The molecule has 0 fully saturated rings. The molecule has 0 bridgehead atoms. The van der Waals surface area contributed by atoms with Gasteiger partial charge >= 0.3 is 0 Å². The van der Waals surface area contributed by atoms with E-state index in [4.69, 9.17) is 0 Å². The summed E-state index contributed by atoms with van der Waals surface area (Å²) < 4.78 is 0. The zero-order valence-electron chi connectivity index (χ0n) is 9.86. The molecule has 0 saturated heterocycles. The van der Waals surface area contributed by atoms with E-state index >= 15 is 0 Å². The fourth-order valence-electron chi connectivity index (χ4n) is 1.78. The van der Waals surface area contributed by atoms with E-state index in [2.05, 4.69) is 38.1 Å². The molecule has 1 aromatic rings. The molecule has 0 amide bonds. The van der Waals surface area contributed by atoms with Gasteiger partial charge in [-0.1, -0.05) is 45.0 Å². The molecule has 0 spiro atoms. The van der Waals surface area contributed by atoms with E-state index in [1.165, 1.54) is 5.56 Å². The van der Waals surface area contributed by atoms with Crippen molar-refractivity contribution in [3.8, 4) is 0 Å². The Labute approximate surface area is 92.5 Å². The van der Waals surface area contributed by atoms with Crippen LogP contribution in [0.25, 0.3) is 0 Å². The maximum absolute atomic E-state index is 10.8. The number of benzene rings is 1. The van der Waals surface area contributed by atoms with Crippen molar-refractivity contribution in [2.45, 2.75) is 39.5 Å². The van der Waals surface area contributed by atoms with Crippen LogP contribution in [0.4, 0.5) is 0 Å². The zero-order chi connectivity index (χ0) is 11.3. The van der Waals surface area contributed by atoms with E-state index in [0.29, 0.717) is 5.92 Å². The molecule has 0 N–H and O–H groups in total. The van der Waals surface area contributed by atoms with Gasteiger partial charge in [-0.2, -0.15) is 0 Å². The molecular weight excluding hydrogens is 184 g/mol. The topological polar surface area (TPSA) is 17.1 Å². The smallest absolute Gasteiger partial charge is 0.127 e. The molecule has 0 aliphatic heterocycles. The third-order valence-electron chi connectivity index (χ3n) is 2.66. The second-order valence-corrected chi connectivity index (χ2v) is 4.49. The Balaban J connectivity index is 2.75. The maximum atomic E-state index is 10.8. The van der Waals surface area contributed by atoms with Gasteiger partial charge in [-0.25, -0.2) is 0 Å². The zero-order valence-corrected chi connectivity index (χ0v) is 9.86. The fraction of sp³-hybridized carbons (Fsp3) is 0.500. The lowest BCUT2D eigenvalue weighted by molar-refractivity contribution is -0.109. The summed E-state index contributed by atoms with van der Waals surface area (Å²) in [6.45, 7) is 6.48. The van der Waals surface area contributed by atoms with Gasteiger partial charge < -0.3 is 4.79 Å². The van der Waals surface area contributed by atoms with Crippen LogP contribution in [0.1, 0.15) is 44.2 Å². The summed E-state index contributed by atoms with van der Waals surface area (Å²) in [6.07, 6.45) is 3.03. The molecular formula is C14H20O. The Morgan fingerprint density at radius 1 is 1.20 bits per heavy atom. The minimum absolute atomic E-state index is 0.0677. The maximum Gasteiger partial charge on any atom is 0.127 e. The lowest BCUT2D eigenvalue weighted by atomic mass is 9.95. The first kappa shape index (κ1) is 12.0. The van der Waals surface area contributed by atoms with Crippen LogP contribution in [0.5, 0.6) is 0 Å². The first-order valence-electron chi connectivity index (χ1n) is 5.71. The first-order chi connectivity index (χ1) is 7.17. The third-order valence-corrected chi connectivity index (χ3v) is 2.66. The van der Waals surface area contributed by atoms with E-state index in [1.807, 2.05) is 6.92 Å². The van der Waals surface area contributed by atoms with Gasteiger partial charge in [-0.05, 0) is 29.9 Å². The number of rotatable bonds is 5. The van der Waals surface area contributed by atoms with Gasteiger partial charge in [-0.3, -0.25) is 0 Å². The third kappa shape index (κ3) is 3.50. The summed E-state index contributed by atoms with van der Waals surface area (Å²) >= 11 is 0. The van der Waals surface area contributed by atoms with Crippen LogP contribution >= 0.6 is 0 Å². The molecule has 15 heavy (non-hydrogen) atoms. The van der Waals surface area contributed by atoms with Crippen molar-refractivity contribution in [2.75, 3.05) is 0 Å². The van der Waals surface area contributed by atoms with Crippen LogP contribution in [0.3, 0.4) is 0 Å². The van der Waals surface area contributed by atoms with E-state index in [9.17, 15) is 4.79 Å². The second-order valence-electron chi connectivity index (χ2n) is 4.49. The largest absolute Gasteiger partial charge is 0.303 e. The highest BCUT2D eigenvalue weighted by Crippen LogP contribution is 2.18. The highest BCUT2D eigenvalue weighted by Gasteiger charge is 2.07. The normalized spacial score (nSPS) is 12.8. The predicted octanol–water partition coefficient (Wildman–Crippen LogP) is 3.58. The van der Waals surface area contributed by atoms with E-state index < -0.39 is 0 Å². The molecule has 1 heteroatoms. The molecule has 1 unspecified atom stereocenters. The highest BCUT2D eigenvalue weighted by molar-refractivity contribution is 5.61. The van der Waals surface area contributed by atoms with Crippen LogP contribution in [0.15, 0.2) is 24.3 Å². The number of hydrogen-bond donors (Lipinski definition) is 0. The number of aldehydes is 1. The number of hydrogen-bond acceptors (Lipinski definition) is 1. The lowest BCUT2D eigenvalue weighted by Gasteiger charge is -2.09. The van der Waals surface area contributed by atoms with Crippen LogP contribution in [-0.2, 0) is 11.2 Å². The molecule has 0 radical (unpaired) electrons. The molecule has 0 aromatic heterocycles. The average Bonchev–Trinajstić information content (AvgIpc) is 2.21. The lowest BCUT2D eigenvalue weighted by Crippen LogP contribution is -1.99. The molecule has 0 aliphatic rings. The summed E-state index contributed by atoms with van der Waals surface area (Å²) in [4.78, 5) is 10.8. The minimum Gasteiger partial charge on any atom is -0.303 e. The Morgan fingerprint density at radius 3 is 2.20 bits per heavy atom. The van der Waals surface area contributed by atoms with Crippen LogP contribution in [0.2, 0.25) is 0 Å². The summed E-state index contributed by atoms with van der Waals surface area (Å²) in [5.41, 5.74) is 2.49. The molecule has 1 aromatic carbocycles. The van der Waals surface area contributed by atoms with Crippen molar-refractivity contribution in [1.82, 2.24) is 0 Å². The van der Waals surface area contributed by atoms with Crippen LogP contribution in [-0.4, -0.2) is 6.29 Å². The fourth-order valence-corrected chi connectivity index (χ4v) is 1.78. The Kier molecular flexibility index (Phi) is 4.54. The highest BCUT2D eigenvalue weighted by atomic mass is 16.1. The van der Waals surface area contributed by atoms with E-state index in [-0.39, 0.29) is 5.92 Å². The van der Waals surface area contributed by atoms with Gasteiger partial charge in [0.2, 0.25) is 0 Å². The van der Waals surface area contributed by atoms with E-state index in [1.54, 1.807) is 0 Å². The van der Waals surface area contributed by atoms with Gasteiger partial charge in [-0.15, -0.1) is 0 Å². The van der Waals surface area contributed by atoms with Crippen molar-refractivity contribution < 1.29 is 4.79 Å². The van der Waals surface area contributed by atoms with Gasteiger partial charge in [0.15, 0.2) is 0 Å². The first-order valence-corrected chi connectivity index (χ1v) is 5.71. The number of carbonyl (C=O) groups is 1. The minimum atomic E-state index is 0.0677. The molecule has 0 aliphatic carbocycles. The van der Waals surface area contributed by atoms with Crippen molar-refractivity contribution >= 4 is 6.29 Å².